The summed E-state index contributed by atoms with van der Waals surface area (Å²) in [6.07, 6.45) is 1.22. The first-order chi connectivity index (χ1) is 7.27. The summed E-state index contributed by atoms with van der Waals surface area (Å²) in [6, 6.07) is 11.9. The molecule has 2 nitrogen and oxygen atoms in total. The zero-order valence-corrected chi connectivity index (χ0v) is 9.61. The molecule has 0 radical (unpaired) electrons. The Bertz CT molecular complexity index is 297. The molecule has 1 aliphatic rings. The summed E-state index contributed by atoms with van der Waals surface area (Å²) in [5.74, 6) is 0. The zero-order chi connectivity index (χ0) is 10.7. The van der Waals surface area contributed by atoms with Gasteiger partial charge in [-0.1, -0.05) is 18.2 Å². The van der Waals surface area contributed by atoms with E-state index in [1.165, 1.54) is 12.1 Å². The van der Waals surface area contributed by atoms with Crippen molar-refractivity contribution in [3.05, 3.63) is 30.3 Å². The molecule has 15 heavy (non-hydrogen) atoms. The summed E-state index contributed by atoms with van der Waals surface area (Å²) in [7, 11) is 0. The second kappa shape index (κ2) is 4.67. The van der Waals surface area contributed by atoms with E-state index in [9.17, 15) is 0 Å². The van der Waals surface area contributed by atoms with Crippen LogP contribution < -0.4 is 10.2 Å². The lowest BCUT2D eigenvalue weighted by atomic mass is 10.1. The van der Waals surface area contributed by atoms with Gasteiger partial charge in [-0.15, -0.1) is 0 Å². The molecule has 1 heterocycles. The maximum absolute atomic E-state index is 3.53. The number of hydrogen-bond donors (Lipinski definition) is 1. The molecule has 1 fully saturated rings. The fourth-order valence-electron chi connectivity index (χ4n) is 2.21. The van der Waals surface area contributed by atoms with Crippen LogP contribution in [0.3, 0.4) is 0 Å². The van der Waals surface area contributed by atoms with Gasteiger partial charge in [0.05, 0.1) is 0 Å². The van der Waals surface area contributed by atoms with Crippen molar-refractivity contribution in [2.45, 2.75) is 32.4 Å². The highest BCUT2D eigenvalue weighted by Gasteiger charge is 2.20. The van der Waals surface area contributed by atoms with Gasteiger partial charge in [0.15, 0.2) is 0 Å². The number of nitrogens with one attached hydrogen (secondary N) is 1. The van der Waals surface area contributed by atoms with Gasteiger partial charge in [0.2, 0.25) is 0 Å². The molecule has 0 aliphatic carbocycles. The zero-order valence-electron chi connectivity index (χ0n) is 9.61. The van der Waals surface area contributed by atoms with Gasteiger partial charge in [0, 0.05) is 24.3 Å². The van der Waals surface area contributed by atoms with Crippen molar-refractivity contribution in [1.29, 1.82) is 0 Å². The Balaban J connectivity index is 2.18. The Morgan fingerprint density at radius 1 is 1.20 bits per heavy atom. The second-order valence-corrected chi connectivity index (χ2v) is 4.48. The van der Waals surface area contributed by atoms with Gasteiger partial charge < -0.3 is 10.2 Å². The van der Waals surface area contributed by atoms with Crippen LogP contribution in [0.4, 0.5) is 5.69 Å². The Kier molecular flexibility index (Phi) is 3.27. The molecule has 1 aromatic carbocycles. The molecule has 1 aliphatic heterocycles. The number of benzene rings is 1. The first kappa shape index (κ1) is 10.5. The normalized spacial score (nSPS) is 27.5. The molecule has 0 saturated carbocycles. The Labute approximate surface area is 92.3 Å². The largest absolute Gasteiger partial charge is 0.367 e. The van der Waals surface area contributed by atoms with Crippen LogP contribution >= 0.6 is 0 Å². The molecule has 82 valence electrons. The van der Waals surface area contributed by atoms with Crippen molar-refractivity contribution in [2.75, 3.05) is 18.0 Å². The minimum atomic E-state index is 0.579. The Morgan fingerprint density at radius 3 is 2.67 bits per heavy atom. The van der Waals surface area contributed by atoms with E-state index in [4.69, 9.17) is 0 Å². The van der Waals surface area contributed by atoms with Crippen LogP contribution in [0.1, 0.15) is 20.3 Å². The van der Waals surface area contributed by atoms with Crippen LogP contribution in [0.15, 0.2) is 30.3 Å². The predicted molar refractivity (Wildman–Crippen MR) is 65.3 cm³/mol. The van der Waals surface area contributed by atoms with Gasteiger partial charge in [0.1, 0.15) is 0 Å². The van der Waals surface area contributed by atoms with Crippen LogP contribution in [0.5, 0.6) is 0 Å². The molecule has 2 heteroatoms. The fraction of sp³-hybridized carbons (Fsp3) is 0.538. The van der Waals surface area contributed by atoms with Gasteiger partial charge in [0.25, 0.3) is 0 Å². The smallest absolute Gasteiger partial charge is 0.0369 e. The lowest BCUT2D eigenvalue weighted by molar-refractivity contribution is 0.585. The average Bonchev–Trinajstić information content (AvgIpc) is 2.42. The van der Waals surface area contributed by atoms with Crippen LogP contribution in [0.25, 0.3) is 0 Å². The third-order valence-corrected chi connectivity index (χ3v) is 3.15. The summed E-state index contributed by atoms with van der Waals surface area (Å²) in [5.41, 5.74) is 1.35. The van der Waals surface area contributed by atoms with E-state index in [1.807, 2.05) is 0 Å². The highest BCUT2D eigenvalue weighted by atomic mass is 15.2. The molecule has 2 atom stereocenters. The molecule has 1 aromatic rings. The van der Waals surface area contributed by atoms with Crippen LogP contribution in [0.2, 0.25) is 0 Å². The van der Waals surface area contributed by atoms with Crippen molar-refractivity contribution in [3.63, 3.8) is 0 Å². The van der Waals surface area contributed by atoms with Crippen molar-refractivity contribution in [2.24, 2.45) is 0 Å². The summed E-state index contributed by atoms with van der Waals surface area (Å²) in [4.78, 5) is 2.50. The highest BCUT2D eigenvalue weighted by molar-refractivity contribution is 5.47. The first-order valence-corrected chi connectivity index (χ1v) is 5.82. The Hall–Kier alpha value is -1.02. The molecule has 2 rings (SSSR count). The van der Waals surface area contributed by atoms with Crippen LogP contribution in [-0.2, 0) is 0 Å². The number of nitrogens with zero attached hydrogens (tertiary/aromatic N) is 1. The van der Waals surface area contributed by atoms with E-state index >= 15 is 0 Å². The second-order valence-electron chi connectivity index (χ2n) is 4.48. The lowest BCUT2D eigenvalue weighted by Crippen LogP contribution is -2.38. The minimum absolute atomic E-state index is 0.579. The van der Waals surface area contributed by atoms with Gasteiger partial charge in [-0.05, 0) is 38.9 Å². The monoisotopic (exact) mass is 204 g/mol. The maximum Gasteiger partial charge on any atom is 0.0369 e. The molecule has 1 saturated heterocycles. The van der Waals surface area contributed by atoms with E-state index in [0.717, 1.165) is 13.1 Å². The van der Waals surface area contributed by atoms with E-state index in [0.29, 0.717) is 12.1 Å². The first-order valence-electron chi connectivity index (χ1n) is 5.82. The SMILES string of the molecule is CC1CN(c2ccccc2)C(C)CCN1. The molecular formula is C13H20N2. The average molecular weight is 204 g/mol. The molecule has 2 unspecified atom stereocenters. The quantitative estimate of drug-likeness (QED) is 0.755. The predicted octanol–water partition coefficient (Wildman–Crippen LogP) is 2.26. The summed E-state index contributed by atoms with van der Waals surface area (Å²) in [5, 5.41) is 3.53. The Morgan fingerprint density at radius 2 is 1.93 bits per heavy atom. The van der Waals surface area contributed by atoms with Crippen LogP contribution in [-0.4, -0.2) is 25.2 Å². The van der Waals surface area contributed by atoms with E-state index in [-0.39, 0.29) is 0 Å². The van der Waals surface area contributed by atoms with Crippen LogP contribution in [0, 0.1) is 0 Å². The van der Waals surface area contributed by atoms with Crippen molar-refractivity contribution < 1.29 is 0 Å². The summed E-state index contributed by atoms with van der Waals surface area (Å²) < 4.78 is 0. The molecule has 0 aromatic heterocycles. The van der Waals surface area contributed by atoms with Gasteiger partial charge >= 0.3 is 0 Å². The third kappa shape index (κ3) is 2.51. The van der Waals surface area contributed by atoms with Gasteiger partial charge in [-0.3, -0.25) is 0 Å². The number of rotatable bonds is 1. The van der Waals surface area contributed by atoms with E-state index in [1.54, 1.807) is 0 Å². The van der Waals surface area contributed by atoms with E-state index in [2.05, 4.69) is 54.4 Å². The summed E-state index contributed by atoms with van der Waals surface area (Å²) in [6.45, 7) is 6.80. The van der Waals surface area contributed by atoms with Crippen molar-refractivity contribution in [3.8, 4) is 0 Å². The molecular weight excluding hydrogens is 184 g/mol. The van der Waals surface area contributed by atoms with Gasteiger partial charge in [-0.2, -0.15) is 0 Å². The van der Waals surface area contributed by atoms with Gasteiger partial charge in [-0.25, -0.2) is 0 Å². The lowest BCUT2D eigenvalue weighted by Gasteiger charge is -2.30. The fourth-order valence-corrected chi connectivity index (χ4v) is 2.21. The molecule has 0 spiro atoms. The number of anilines is 1. The standard InChI is InChI=1S/C13H20N2/c1-11-10-15(12(2)8-9-14-11)13-6-4-3-5-7-13/h3-7,11-12,14H,8-10H2,1-2H3. The molecule has 1 N–H and O–H groups in total. The molecule has 0 bridgehead atoms. The topological polar surface area (TPSA) is 15.3 Å². The number of hydrogen-bond acceptors (Lipinski definition) is 2. The maximum atomic E-state index is 3.53. The minimum Gasteiger partial charge on any atom is -0.367 e. The van der Waals surface area contributed by atoms with Crippen molar-refractivity contribution in [1.82, 2.24) is 5.32 Å². The summed E-state index contributed by atoms with van der Waals surface area (Å²) >= 11 is 0. The number of para-hydroxylation sites is 1. The third-order valence-electron chi connectivity index (χ3n) is 3.15. The molecule has 0 amide bonds. The highest BCUT2D eigenvalue weighted by Crippen LogP contribution is 2.19. The van der Waals surface area contributed by atoms with Crippen molar-refractivity contribution >= 4 is 5.69 Å². The van der Waals surface area contributed by atoms with E-state index < -0.39 is 0 Å².